The number of H-pyrrole nitrogens is 1. The number of methoxy groups -OCH3 is 2. The van der Waals surface area contributed by atoms with E-state index in [0.29, 0.717) is 28.7 Å². The van der Waals surface area contributed by atoms with Crippen LogP contribution >= 0.6 is 12.2 Å². The SMILES string of the molecule is CCOc1cccc(-c2n[nH]c(=S)n2/N=C\c2ccc(OC)c(OC)c2)c1. The van der Waals surface area contributed by atoms with Crippen LogP contribution in [0.2, 0.25) is 0 Å². The minimum atomic E-state index is 0.392. The summed E-state index contributed by atoms with van der Waals surface area (Å²) in [6.45, 7) is 2.53. The minimum Gasteiger partial charge on any atom is -0.494 e. The Morgan fingerprint density at radius 2 is 1.96 bits per heavy atom. The molecule has 3 rings (SSSR count). The van der Waals surface area contributed by atoms with Gasteiger partial charge in [0.05, 0.1) is 27.0 Å². The molecule has 0 aliphatic heterocycles. The molecule has 0 bridgehead atoms. The minimum absolute atomic E-state index is 0.392. The molecule has 1 heterocycles. The number of benzene rings is 2. The highest BCUT2D eigenvalue weighted by Gasteiger charge is 2.09. The van der Waals surface area contributed by atoms with Gasteiger partial charge in [0, 0.05) is 5.56 Å². The number of aromatic amines is 1. The molecule has 0 amide bonds. The summed E-state index contributed by atoms with van der Waals surface area (Å²) in [5, 5.41) is 11.5. The highest BCUT2D eigenvalue weighted by atomic mass is 32.1. The molecule has 1 N–H and O–H groups in total. The highest BCUT2D eigenvalue weighted by Crippen LogP contribution is 2.27. The molecule has 0 aliphatic carbocycles. The Labute approximate surface area is 162 Å². The van der Waals surface area contributed by atoms with Gasteiger partial charge in [-0.1, -0.05) is 12.1 Å². The maximum atomic E-state index is 5.55. The third-order valence-electron chi connectivity index (χ3n) is 3.78. The van der Waals surface area contributed by atoms with Crippen LogP contribution in [-0.2, 0) is 0 Å². The normalized spacial score (nSPS) is 10.9. The van der Waals surface area contributed by atoms with Crippen molar-refractivity contribution >= 4 is 18.4 Å². The fraction of sp³-hybridized carbons (Fsp3) is 0.211. The molecule has 0 saturated heterocycles. The summed E-state index contributed by atoms with van der Waals surface area (Å²) in [6, 6.07) is 13.2. The Hall–Kier alpha value is -3.13. The molecule has 2 aromatic carbocycles. The van der Waals surface area contributed by atoms with Crippen LogP contribution in [-0.4, -0.2) is 41.9 Å². The standard InChI is InChI=1S/C19H20N4O3S/c1-4-26-15-7-5-6-14(11-15)18-21-22-19(27)23(18)20-12-13-8-9-16(24-2)17(10-13)25-3/h5-12H,4H2,1-3H3,(H,22,27)/b20-12-. The first-order valence-corrected chi connectivity index (χ1v) is 8.74. The van der Waals surface area contributed by atoms with Gasteiger partial charge in [0.25, 0.3) is 0 Å². The molecular weight excluding hydrogens is 364 g/mol. The van der Waals surface area contributed by atoms with Crippen LogP contribution in [0, 0.1) is 4.77 Å². The summed E-state index contributed by atoms with van der Waals surface area (Å²) in [5.74, 6) is 2.64. The molecule has 0 fully saturated rings. The third kappa shape index (κ3) is 4.17. The van der Waals surface area contributed by atoms with Gasteiger partial charge in [-0.25, -0.2) is 5.10 Å². The summed E-state index contributed by atoms with van der Waals surface area (Å²) in [6.07, 6.45) is 1.68. The van der Waals surface area contributed by atoms with E-state index in [4.69, 9.17) is 26.4 Å². The van der Waals surface area contributed by atoms with Gasteiger partial charge in [-0.2, -0.15) is 14.9 Å². The number of nitrogens with one attached hydrogen (secondary N) is 1. The Bertz CT molecular complexity index is 1010. The van der Waals surface area contributed by atoms with Crippen molar-refractivity contribution in [2.24, 2.45) is 5.10 Å². The van der Waals surface area contributed by atoms with E-state index in [1.165, 1.54) is 0 Å². The van der Waals surface area contributed by atoms with Crippen molar-refractivity contribution in [2.75, 3.05) is 20.8 Å². The van der Waals surface area contributed by atoms with Crippen molar-refractivity contribution in [3.05, 3.63) is 52.8 Å². The Morgan fingerprint density at radius 3 is 2.70 bits per heavy atom. The van der Waals surface area contributed by atoms with Gasteiger partial charge in [0.15, 0.2) is 17.3 Å². The molecule has 0 saturated carbocycles. The number of rotatable bonds is 7. The van der Waals surface area contributed by atoms with E-state index in [1.807, 2.05) is 49.4 Å². The second kappa shape index (κ2) is 8.50. The summed E-state index contributed by atoms with van der Waals surface area (Å²) in [4.78, 5) is 0. The molecule has 3 aromatic rings. The molecule has 27 heavy (non-hydrogen) atoms. The second-order valence-corrected chi connectivity index (χ2v) is 5.87. The topological polar surface area (TPSA) is 73.7 Å². The average molecular weight is 384 g/mol. The van der Waals surface area contributed by atoms with Gasteiger partial charge in [-0.05, 0) is 55.0 Å². The van der Waals surface area contributed by atoms with Gasteiger partial charge >= 0.3 is 0 Å². The van der Waals surface area contributed by atoms with Crippen molar-refractivity contribution < 1.29 is 14.2 Å². The van der Waals surface area contributed by atoms with Crippen LogP contribution in [0.25, 0.3) is 11.4 Å². The maximum absolute atomic E-state index is 5.55. The van der Waals surface area contributed by atoms with E-state index >= 15 is 0 Å². The fourth-order valence-electron chi connectivity index (χ4n) is 2.53. The molecular formula is C19H20N4O3S. The van der Waals surface area contributed by atoms with Crippen LogP contribution < -0.4 is 14.2 Å². The zero-order chi connectivity index (χ0) is 19.2. The molecule has 1 aromatic heterocycles. The van der Waals surface area contributed by atoms with Crippen molar-refractivity contribution in [3.63, 3.8) is 0 Å². The quantitative estimate of drug-likeness (QED) is 0.494. The first-order chi connectivity index (χ1) is 13.2. The van der Waals surface area contributed by atoms with E-state index in [0.717, 1.165) is 16.9 Å². The molecule has 0 unspecified atom stereocenters. The number of aromatic nitrogens is 3. The van der Waals surface area contributed by atoms with E-state index in [9.17, 15) is 0 Å². The Balaban J connectivity index is 1.95. The maximum Gasteiger partial charge on any atom is 0.216 e. The predicted molar refractivity (Wildman–Crippen MR) is 107 cm³/mol. The smallest absolute Gasteiger partial charge is 0.216 e. The Kier molecular flexibility index (Phi) is 5.87. The van der Waals surface area contributed by atoms with Gasteiger partial charge in [-0.3, -0.25) is 0 Å². The summed E-state index contributed by atoms with van der Waals surface area (Å²) < 4.78 is 18.1. The van der Waals surface area contributed by atoms with Crippen molar-refractivity contribution in [2.45, 2.75) is 6.92 Å². The number of nitrogens with zero attached hydrogens (tertiary/aromatic N) is 3. The van der Waals surface area contributed by atoms with Gasteiger partial charge < -0.3 is 14.2 Å². The van der Waals surface area contributed by atoms with Crippen molar-refractivity contribution in [1.82, 2.24) is 14.9 Å². The summed E-state index contributed by atoms with van der Waals surface area (Å²) in [5.41, 5.74) is 1.68. The van der Waals surface area contributed by atoms with Crippen LogP contribution in [0.5, 0.6) is 17.2 Å². The first-order valence-electron chi connectivity index (χ1n) is 8.33. The van der Waals surface area contributed by atoms with E-state index in [2.05, 4.69) is 15.3 Å². The predicted octanol–water partition coefficient (Wildman–Crippen LogP) is 3.91. The molecule has 0 atom stereocenters. The van der Waals surface area contributed by atoms with E-state index in [1.54, 1.807) is 25.1 Å². The lowest BCUT2D eigenvalue weighted by Crippen LogP contribution is -1.97. The highest BCUT2D eigenvalue weighted by molar-refractivity contribution is 7.71. The van der Waals surface area contributed by atoms with Crippen LogP contribution in [0.1, 0.15) is 12.5 Å². The molecule has 7 nitrogen and oxygen atoms in total. The van der Waals surface area contributed by atoms with E-state index < -0.39 is 0 Å². The van der Waals surface area contributed by atoms with Gasteiger partial charge in [0.2, 0.25) is 4.77 Å². The monoisotopic (exact) mass is 384 g/mol. The third-order valence-corrected chi connectivity index (χ3v) is 4.05. The summed E-state index contributed by atoms with van der Waals surface area (Å²) in [7, 11) is 3.19. The number of hydrogen-bond acceptors (Lipinski definition) is 6. The van der Waals surface area contributed by atoms with Gasteiger partial charge in [-0.15, -0.1) is 0 Å². The largest absolute Gasteiger partial charge is 0.494 e. The fourth-order valence-corrected chi connectivity index (χ4v) is 2.71. The molecule has 0 aliphatic rings. The summed E-state index contributed by atoms with van der Waals surface area (Å²) >= 11 is 5.32. The van der Waals surface area contributed by atoms with Gasteiger partial charge in [0.1, 0.15) is 5.75 Å². The molecule has 0 radical (unpaired) electrons. The second-order valence-electron chi connectivity index (χ2n) is 5.48. The van der Waals surface area contributed by atoms with Crippen LogP contribution in [0.15, 0.2) is 47.6 Å². The average Bonchev–Trinajstić information content (AvgIpc) is 3.07. The first kappa shape index (κ1) is 18.7. The lowest BCUT2D eigenvalue weighted by atomic mass is 10.2. The molecule has 140 valence electrons. The zero-order valence-corrected chi connectivity index (χ0v) is 16.1. The Morgan fingerprint density at radius 1 is 1.15 bits per heavy atom. The zero-order valence-electron chi connectivity index (χ0n) is 15.3. The van der Waals surface area contributed by atoms with Crippen LogP contribution in [0.4, 0.5) is 0 Å². The lowest BCUT2D eigenvalue weighted by molar-refractivity contribution is 0.340. The van der Waals surface area contributed by atoms with Crippen molar-refractivity contribution in [1.29, 1.82) is 0 Å². The van der Waals surface area contributed by atoms with E-state index in [-0.39, 0.29) is 0 Å². The molecule has 0 spiro atoms. The molecule has 8 heteroatoms. The number of hydrogen-bond donors (Lipinski definition) is 1. The number of ether oxygens (including phenoxy) is 3. The lowest BCUT2D eigenvalue weighted by Gasteiger charge is -2.07. The van der Waals surface area contributed by atoms with Crippen molar-refractivity contribution in [3.8, 4) is 28.6 Å². The van der Waals surface area contributed by atoms with Crippen LogP contribution in [0.3, 0.4) is 0 Å².